The van der Waals surface area contributed by atoms with Crippen LogP contribution in [0.4, 0.5) is 5.69 Å². The Morgan fingerprint density at radius 2 is 1.72 bits per heavy atom. The number of nitrogens with one attached hydrogen (secondary N) is 1. The van der Waals surface area contributed by atoms with E-state index in [0.717, 1.165) is 50.5 Å². The van der Waals surface area contributed by atoms with Gasteiger partial charge in [0.15, 0.2) is 0 Å². The first-order valence-corrected chi connectivity index (χ1v) is 12.0. The number of benzene rings is 3. The summed E-state index contributed by atoms with van der Waals surface area (Å²) in [6.45, 7) is 18.8. The van der Waals surface area contributed by atoms with Crippen LogP contribution >= 0.6 is 0 Å². The highest BCUT2D eigenvalue weighted by molar-refractivity contribution is 6.02. The molecule has 0 saturated carbocycles. The summed E-state index contributed by atoms with van der Waals surface area (Å²) >= 11 is 0. The van der Waals surface area contributed by atoms with E-state index in [2.05, 4.69) is 74.5 Å². The van der Waals surface area contributed by atoms with Gasteiger partial charge in [-0.25, -0.2) is 0 Å². The van der Waals surface area contributed by atoms with Crippen molar-refractivity contribution >= 4 is 22.8 Å². The van der Waals surface area contributed by atoms with Gasteiger partial charge >= 0.3 is 0 Å². The first-order chi connectivity index (χ1) is 17.3. The molecule has 3 aromatic rings. The van der Waals surface area contributed by atoms with Crippen molar-refractivity contribution in [3.8, 4) is 11.1 Å². The summed E-state index contributed by atoms with van der Waals surface area (Å²) in [5.41, 5.74) is 16.5. The van der Waals surface area contributed by atoms with Crippen molar-refractivity contribution in [1.29, 1.82) is 0 Å². The summed E-state index contributed by atoms with van der Waals surface area (Å²) < 4.78 is 0. The van der Waals surface area contributed by atoms with E-state index in [9.17, 15) is 0 Å². The largest absolute Gasteiger partial charge is 0.399 e. The van der Waals surface area contributed by atoms with Crippen LogP contribution in [0.25, 0.3) is 22.5 Å². The summed E-state index contributed by atoms with van der Waals surface area (Å²) in [7, 11) is 0. The molecule has 182 valence electrons. The maximum absolute atomic E-state index is 6.01. The topological polar surface area (TPSA) is 50.4 Å². The fourth-order valence-corrected chi connectivity index (χ4v) is 3.94. The van der Waals surface area contributed by atoms with Crippen LogP contribution in [0.15, 0.2) is 121 Å². The molecule has 0 heterocycles. The van der Waals surface area contributed by atoms with Gasteiger partial charge in [-0.1, -0.05) is 104 Å². The minimum absolute atomic E-state index is 0.554. The Morgan fingerprint density at radius 1 is 0.972 bits per heavy atom. The predicted molar refractivity (Wildman–Crippen MR) is 158 cm³/mol. The average Bonchev–Trinajstić information content (AvgIpc) is 2.88. The molecule has 3 nitrogen and oxygen atoms in total. The number of hydrogen-bond acceptors (Lipinski definition) is 3. The fourth-order valence-electron chi connectivity index (χ4n) is 3.94. The summed E-state index contributed by atoms with van der Waals surface area (Å²) in [4.78, 5) is 5.06. The van der Waals surface area contributed by atoms with Gasteiger partial charge in [-0.3, -0.25) is 4.99 Å². The molecule has 36 heavy (non-hydrogen) atoms. The SMILES string of the molecule is C=C/C=C\C=C(/C)CNC(=C)c1c(/N=C(\C)c2ccc(C)c(C(=C)N)c2)cccc1-c1ccccc1. The lowest BCUT2D eigenvalue weighted by Gasteiger charge is -2.18. The highest BCUT2D eigenvalue weighted by atomic mass is 14.9. The zero-order chi connectivity index (χ0) is 26.1. The van der Waals surface area contributed by atoms with Gasteiger partial charge in [0.05, 0.1) is 5.69 Å². The molecule has 0 saturated heterocycles. The smallest absolute Gasteiger partial charge is 0.0732 e. The molecule has 3 N–H and O–H groups in total. The van der Waals surface area contributed by atoms with E-state index >= 15 is 0 Å². The van der Waals surface area contributed by atoms with E-state index < -0.39 is 0 Å². The monoisotopic (exact) mass is 473 g/mol. The minimum atomic E-state index is 0.554. The van der Waals surface area contributed by atoms with Crippen LogP contribution < -0.4 is 11.1 Å². The van der Waals surface area contributed by atoms with Gasteiger partial charge < -0.3 is 11.1 Å². The Hall–Kier alpha value is -4.37. The molecule has 3 rings (SSSR count). The van der Waals surface area contributed by atoms with Crippen LogP contribution in [0.5, 0.6) is 0 Å². The molecule has 0 aromatic heterocycles. The maximum atomic E-state index is 6.01. The van der Waals surface area contributed by atoms with Crippen LogP contribution in [0.1, 0.15) is 36.1 Å². The lowest BCUT2D eigenvalue weighted by Crippen LogP contribution is -2.14. The Kier molecular flexibility index (Phi) is 9.01. The summed E-state index contributed by atoms with van der Waals surface area (Å²) in [6, 6.07) is 22.7. The summed E-state index contributed by atoms with van der Waals surface area (Å²) in [5.74, 6) is 0. The molecule has 3 heteroatoms. The zero-order valence-corrected chi connectivity index (χ0v) is 21.5. The Morgan fingerprint density at radius 3 is 2.42 bits per heavy atom. The van der Waals surface area contributed by atoms with Gasteiger partial charge in [-0.05, 0) is 55.2 Å². The second-order valence-corrected chi connectivity index (χ2v) is 8.78. The fraction of sp³-hybridized carbons (Fsp3) is 0.121. The first kappa shape index (κ1) is 26.2. The number of nitrogens with two attached hydrogens (primary N) is 1. The van der Waals surface area contributed by atoms with E-state index in [1.807, 2.05) is 56.3 Å². The van der Waals surface area contributed by atoms with Crippen LogP contribution in [0, 0.1) is 6.92 Å². The molecule has 0 fully saturated rings. The molecule has 0 atom stereocenters. The summed E-state index contributed by atoms with van der Waals surface area (Å²) in [5, 5.41) is 3.50. The minimum Gasteiger partial charge on any atom is -0.399 e. The van der Waals surface area contributed by atoms with Gasteiger partial charge in [-0.15, -0.1) is 0 Å². The van der Waals surface area contributed by atoms with Crippen molar-refractivity contribution in [3.05, 3.63) is 139 Å². The molecular formula is C33H35N3. The van der Waals surface area contributed by atoms with Crippen LogP contribution in [-0.4, -0.2) is 12.3 Å². The third-order valence-electron chi connectivity index (χ3n) is 5.93. The lowest BCUT2D eigenvalue weighted by molar-refractivity contribution is 0.958. The molecule has 0 spiro atoms. The maximum Gasteiger partial charge on any atom is 0.0732 e. The normalized spacial score (nSPS) is 12.0. The molecule has 0 radical (unpaired) electrons. The van der Waals surface area contributed by atoms with Crippen LogP contribution in [-0.2, 0) is 0 Å². The molecule has 3 aromatic carbocycles. The van der Waals surface area contributed by atoms with Crippen molar-refractivity contribution in [3.63, 3.8) is 0 Å². The second-order valence-electron chi connectivity index (χ2n) is 8.78. The number of aliphatic imine (C=N–C) groups is 1. The van der Waals surface area contributed by atoms with E-state index in [1.165, 1.54) is 5.57 Å². The highest BCUT2D eigenvalue weighted by Crippen LogP contribution is 2.35. The van der Waals surface area contributed by atoms with E-state index in [4.69, 9.17) is 10.7 Å². The molecule has 0 aliphatic heterocycles. The number of rotatable bonds is 10. The van der Waals surface area contributed by atoms with Gasteiger partial charge in [0, 0.05) is 34.8 Å². The van der Waals surface area contributed by atoms with Gasteiger partial charge in [0.1, 0.15) is 0 Å². The van der Waals surface area contributed by atoms with E-state index in [-0.39, 0.29) is 0 Å². The van der Waals surface area contributed by atoms with Crippen molar-refractivity contribution in [1.82, 2.24) is 5.32 Å². The van der Waals surface area contributed by atoms with Gasteiger partial charge in [-0.2, -0.15) is 0 Å². The second kappa shape index (κ2) is 12.4. The van der Waals surface area contributed by atoms with E-state index in [0.29, 0.717) is 12.2 Å². The van der Waals surface area contributed by atoms with Gasteiger partial charge in [0.25, 0.3) is 0 Å². The lowest BCUT2D eigenvalue weighted by atomic mass is 9.96. The number of aryl methyl sites for hydroxylation is 1. The van der Waals surface area contributed by atoms with Gasteiger partial charge in [0.2, 0.25) is 0 Å². The number of hydrogen-bond donors (Lipinski definition) is 2. The molecule has 0 aliphatic carbocycles. The third kappa shape index (κ3) is 6.61. The number of nitrogens with zero attached hydrogens (tertiary/aromatic N) is 1. The van der Waals surface area contributed by atoms with Crippen molar-refractivity contribution in [2.24, 2.45) is 10.7 Å². The van der Waals surface area contributed by atoms with Crippen molar-refractivity contribution in [2.75, 3.05) is 6.54 Å². The van der Waals surface area contributed by atoms with Crippen LogP contribution in [0.2, 0.25) is 0 Å². The van der Waals surface area contributed by atoms with Crippen molar-refractivity contribution in [2.45, 2.75) is 20.8 Å². The molecule has 0 amide bonds. The van der Waals surface area contributed by atoms with Crippen LogP contribution in [0.3, 0.4) is 0 Å². The van der Waals surface area contributed by atoms with E-state index in [1.54, 1.807) is 6.08 Å². The molecule has 0 bridgehead atoms. The Balaban J connectivity index is 2.06. The molecule has 0 aliphatic rings. The molecular weight excluding hydrogens is 438 g/mol. The zero-order valence-electron chi connectivity index (χ0n) is 21.5. The predicted octanol–water partition coefficient (Wildman–Crippen LogP) is 7.98. The van der Waals surface area contributed by atoms with Crippen molar-refractivity contribution < 1.29 is 0 Å². The standard InChI is InChI=1S/C33H35N3/c1-7-8-10-14-23(2)22-35-27(6)33-30(28-15-11-9-12-16-28)17-13-18-32(33)36-26(5)29-20-19-24(3)31(21-29)25(4)34/h7-21,35H,1,4,6,22,34H2,2-3,5H3/b10-8-,23-14+,36-26+. The summed E-state index contributed by atoms with van der Waals surface area (Å²) in [6.07, 6.45) is 7.72. The highest BCUT2D eigenvalue weighted by Gasteiger charge is 2.14. The number of allylic oxidation sites excluding steroid dienone is 4. The Bertz CT molecular complexity index is 1350. The Labute approximate surface area is 215 Å². The first-order valence-electron chi connectivity index (χ1n) is 12.0. The molecule has 0 unspecified atom stereocenters. The average molecular weight is 474 g/mol. The quantitative estimate of drug-likeness (QED) is 0.232. The third-order valence-corrected chi connectivity index (χ3v) is 5.93.